The van der Waals surface area contributed by atoms with Crippen molar-refractivity contribution in [1.82, 2.24) is 14.8 Å². The van der Waals surface area contributed by atoms with Crippen LogP contribution in [-0.2, 0) is 16.4 Å². The van der Waals surface area contributed by atoms with E-state index in [0.717, 1.165) is 34.7 Å². The monoisotopic (exact) mass is 423 g/mol. The minimum Gasteiger partial charge on any atom is -0.497 e. The van der Waals surface area contributed by atoms with E-state index in [4.69, 9.17) is 9.47 Å². The molecule has 0 radical (unpaired) electrons. The Hall–Kier alpha value is -2.00. The van der Waals surface area contributed by atoms with Gasteiger partial charge in [-0.15, -0.1) is 16.8 Å². The van der Waals surface area contributed by atoms with Crippen LogP contribution in [0.15, 0.2) is 42.1 Å². The summed E-state index contributed by atoms with van der Waals surface area (Å²) in [5.74, 6) is 3.49. The number of benzene rings is 1. The Morgan fingerprint density at radius 2 is 2.04 bits per heavy atom. The van der Waals surface area contributed by atoms with E-state index >= 15 is 0 Å². The highest BCUT2D eigenvalue weighted by Crippen LogP contribution is 2.30. The Morgan fingerprint density at radius 1 is 1.29 bits per heavy atom. The Bertz CT molecular complexity index is 894. The van der Waals surface area contributed by atoms with Crippen LogP contribution in [0.25, 0.3) is 0 Å². The smallest absolute Gasteiger partial charge is 0.191 e. The van der Waals surface area contributed by atoms with E-state index < -0.39 is 9.84 Å². The summed E-state index contributed by atoms with van der Waals surface area (Å²) < 4.78 is 36.4. The molecular formula is C19H25N3O4S2. The third-order valence-electron chi connectivity index (χ3n) is 4.50. The van der Waals surface area contributed by atoms with Crippen LogP contribution in [0.5, 0.6) is 11.5 Å². The first-order chi connectivity index (χ1) is 13.5. The van der Waals surface area contributed by atoms with Gasteiger partial charge in [0.2, 0.25) is 0 Å². The number of ether oxygens (including phenoxy) is 2. The molecule has 28 heavy (non-hydrogen) atoms. The normalized spacial score (nSPS) is 18.1. The topological polar surface area (TPSA) is 83.3 Å². The van der Waals surface area contributed by atoms with Gasteiger partial charge in [-0.3, -0.25) is 0 Å². The average Bonchev–Trinajstić information content (AvgIpc) is 3.25. The van der Waals surface area contributed by atoms with Gasteiger partial charge in [0.15, 0.2) is 15.0 Å². The Labute approximate surface area is 170 Å². The highest BCUT2D eigenvalue weighted by Gasteiger charge is 2.33. The number of nitrogens with zero attached hydrogens (tertiary/aromatic N) is 3. The molecule has 1 aromatic carbocycles. The molecule has 2 heterocycles. The number of thioether (sulfide) groups is 1. The zero-order valence-corrected chi connectivity index (χ0v) is 17.5. The quantitative estimate of drug-likeness (QED) is 0.330. The van der Waals surface area contributed by atoms with Crippen LogP contribution in [0, 0.1) is 0 Å². The first-order valence-corrected chi connectivity index (χ1v) is 12.0. The molecule has 0 N–H and O–H groups in total. The fourth-order valence-corrected chi connectivity index (χ4v) is 5.70. The molecule has 0 unspecified atom stereocenters. The van der Waals surface area contributed by atoms with E-state index in [1.807, 2.05) is 28.8 Å². The minimum atomic E-state index is -2.96. The zero-order valence-electron chi connectivity index (χ0n) is 15.9. The lowest BCUT2D eigenvalue weighted by Crippen LogP contribution is -2.11. The van der Waals surface area contributed by atoms with Gasteiger partial charge in [-0.1, -0.05) is 17.8 Å². The third-order valence-corrected chi connectivity index (χ3v) is 7.32. The first-order valence-electron chi connectivity index (χ1n) is 9.16. The van der Waals surface area contributed by atoms with Gasteiger partial charge in [0.05, 0.1) is 25.2 Å². The average molecular weight is 424 g/mol. The van der Waals surface area contributed by atoms with Crippen molar-refractivity contribution >= 4 is 21.6 Å². The molecule has 0 saturated carbocycles. The molecule has 7 nitrogen and oxygen atoms in total. The Balaban J connectivity index is 1.51. The highest BCUT2D eigenvalue weighted by molar-refractivity contribution is 7.99. The summed E-state index contributed by atoms with van der Waals surface area (Å²) >= 11 is 1.60. The molecule has 1 saturated heterocycles. The van der Waals surface area contributed by atoms with Gasteiger partial charge in [0.25, 0.3) is 0 Å². The van der Waals surface area contributed by atoms with Gasteiger partial charge in [0.1, 0.15) is 17.3 Å². The summed E-state index contributed by atoms with van der Waals surface area (Å²) in [5.41, 5.74) is 0. The standard InChI is InChI=1S/C19H25N3O4S2/c1-3-10-22-18(15-9-13-28(23,24)14-15)20-21-19(22)27-12-4-11-26-17-7-5-16(25-2)6-8-17/h3,5-8,15H,1,4,9-14H2,2H3/t15-/m0/s1. The predicted molar refractivity (Wildman–Crippen MR) is 110 cm³/mol. The lowest BCUT2D eigenvalue weighted by atomic mass is 10.1. The summed E-state index contributed by atoms with van der Waals surface area (Å²) in [6.07, 6.45) is 3.25. The summed E-state index contributed by atoms with van der Waals surface area (Å²) in [7, 11) is -1.33. The van der Waals surface area contributed by atoms with Gasteiger partial charge in [-0.05, 0) is 37.1 Å². The molecule has 0 amide bonds. The lowest BCUT2D eigenvalue weighted by Gasteiger charge is -2.11. The molecule has 9 heteroatoms. The van der Waals surface area contributed by atoms with E-state index in [1.54, 1.807) is 24.9 Å². The maximum absolute atomic E-state index is 11.8. The van der Waals surface area contributed by atoms with Gasteiger partial charge in [-0.2, -0.15) is 0 Å². The van der Waals surface area contributed by atoms with Gasteiger partial charge in [-0.25, -0.2) is 8.42 Å². The molecule has 152 valence electrons. The summed E-state index contributed by atoms with van der Waals surface area (Å²) in [5, 5.41) is 9.36. The number of aromatic nitrogens is 3. The van der Waals surface area contributed by atoms with Crippen LogP contribution in [0.4, 0.5) is 0 Å². The molecule has 1 atom stereocenters. The molecule has 3 rings (SSSR count). The van der Waals surface area contributed by atoms with Crippen LogP contribution >= 0.6 is 11.8 Å². The second-order valence-electron chi connectivity index (χ2n) is 6.57. The van der Waals surface area contributed by atoms with Crippen LogP contribution in [0.2, 0.25) is 0 Å². The lowest BCUT2D eigenvalue weighted by molar-refractivity contribution is 0.318. The van der Waals surface area contributed by atoms with Crippen molar-refractivity contribution in [3.63, 3.8) is 0 Å². The van der Waals surface area contributed by atoms with Crippen molar-refractivity contribution in [3.05, 3.63) is 42.7 Å². The fourth-order valence-electron chi connectivity index (χ4n) is 3.09. The second kappa shape index (κ2) is 9.47. The molecule has 0 spiro atoms. The number of rotatable bonds is 10. The van der Waals surface area contributed by atoms with Gasteiger partial charge >= 0.3 is 0 Å². The molecule has 1 aliphatic heterocycles. The Kier molecular flexibility index (Phi) is 7.01. The van der Waals surface area contributed by atoms with Crippen molar-refractivity contribution in [3.8, 4) is 11.5 Å². The molecule has 2 aromatic rings. The molecule has 0 bridgehead atoms. The summed E-state index contributed by atoms with van der Waals surface area (Å²) in [4.78, 5) is 0. The number of methoxy groups -OCH3 is 1. The maximum Gasteiger partial charge on any atom is 0.191 e. The van der Waals surface area contributed by atoms with E-state index in [9.17, 15) is 8.42 Å². The SMILES string of the molecule is C=CCn1c(SCCCOc2ccc(OC)cc2)nnc1[C@H]1CCS(=O)(=O)C1. The fraction of sp³-hybridized carbons (Fsp3) is 0.474. The first kappa shape index (κ1) is 20.7. The molecule has 1 aliphatic rings. The summed E-state index contributed by atoms with van der Waals surface area (Å²) in [6, 6.07) is 7.50. The number of allylic oxidation sites excluding steroid dienone is 1. The molecule has 1 fully saturated rings. The van der Waals surface area contributed by atoms with Gasteiger partial charge in [0, 0.05) is 18.2 Å². The van der Waals surface area contributed by atoms with Crippen molar-refractivity contribution < 1.29 is 17.9 Å². The number of sulfone groups is 1. The van der Waals surface area contributed by atoms with Crippen LogP contribution in [0.1, 0.15) is 24.6 Å². The van der Waals surface area contributed by atoms with Crippen LogP contribution in [0.3, 0.4) is 0 Å². The van der Waals surface area contributed by atoms with E-state index in [2.05, 4.69) is 16.8 Å². The van der Waals surface area contributed by atoms with Crippen LogP contribution < -0.4 is 9.47 Å². The molecule has 0 aliphatic carbocycles. The van der Waals surface area contributed by atoms with Crippen molar-refractivity contribution in [2.24, 2.45) is 0 Å². The number of hydrogen-bond donors (Lipinski definition) is 0. The Morgan fingerprint density at radius 3 is 2.68 bits per heavy atom. The van der Waals surface area contributed by atoms with Crippen molar-refractivity contribution in [1.29, 1.82) is 0 Å². The van der Waals surface area contributed by atoms with Crippen LogP contribution in [-0.4, -0.2) is 54.2 Å². The van der Waals surface area contributed by atoms with E-state index in [-0.39, 0.29) is 17.4 Å². The molecular weight excluding hydrogens is 398 g/mol. The van der Waals surface area contributed by atoms with E-state index in [1.165, 1.54) is 0 Å². The summed E-state index contributed by atoms with van der Waals surface area (Å²) in [6.45, 7) is 4.97. The van der Waals surface area contributed by atoms with E-state index in [0.29, 0.717) is 19.6 Å². The third kappa shape index (κ3) is 5.29. The maximum atomic E-state index is 11.8. The molecule has 1 aromatic heterocycles. The highest BCUT2D eigenvalue weighted by atomic mass is 32.2. The second-order valence-corrected chi connectivity index (χ2v) is 9.86. The predicted octanol–water partition coefficient (Wildman–Crippen LogP) is 2.94. The number of hydrogen-bond acceptors (Lipinski definition) is 7. The minimum absolute atomic E-state index is 0.0785. The van der Waals surface area contributed by atoms with Crippen molar-refractivity contribution in [2.75, 3.05) is 31.0 Å². The van der Waals surface area contributed by atoms with Gasteiger partial charge < -0.3 is 14.0 Å². The van der Waals surface area contributed by atoms with Crippen molar-refractivity contribution in [2.45, 2.75) is 30.5 Å². The zero-order chi connectivity index (χ0) is 20.0. The largest absolute Gasteiger partial charge is 0.497 e.